The van der Waals surface area contributed by atoms with E-state index >= 15 is 0 Å². The molecule has 0 aromatic carbocycles. The highest BCUT2D eigenvalue weighted by Crippen LogP contribution is 2.45. The average molecular weight is 385 g/mol. The number of hydroxylamine groups is 1. The zero-order chi connectivity index (χ0) is 18.1. The lowest BCUT2D eigenvalue weighted by Crippen LogP contribution is -2.48. The molecule has 0 aromatic heterocycles. The highest BCUT2D eigenvalue weighted by Gasteiger charge is 2.44. The summed E-state index contributed by atoms with van der Waals surface area (Å²) in [5.41, 5.74) is 3.14. The van der Waals surface area contributed by atoms with Crippen molar-refractivity contribution in [3.8, 4) is 0 Å². The molecule has 26 heavy (non-hydrogen) atoms. The first-order chi connectivity index (χ1) is 12.6. The van der Waals surface area contributed by atoms with Gasteiger partial charge in [-0.2, -0.15) is 5.48 Å². The number of alkyl halides is 1. The number of halogens is 1. The van der Waals surface area contributed by atoms with E-state index in [1.165, 1.54) is 25.7 Å². The van der Waals surface area contributed by atoms with Crippen LogP contribution in [0.25, 0.3) is 0 Å². The highest BCUT2D eigenvalue weighted by molar-refractivity contribution is 6.20. The molecule has 8 atom stereocenters. The van der Waals surface area contributed by atoms with E-state index in [2.05, 4.69) is 28.4 Å². The van der Waals surface area contributed by atoms with Crippen LogP contribution in [0.15, 0.2) is 0 Å². The minimum Gasteiger partial charge on any atom is -0.353 e. The molecule has 4 N–H and O–H groups in total. The van der Waals surface area contributed by atoms with E-state index < -0.39 is 0 Å². The fourth-order valence-electron chi connectivity index (χ4n) is 5.54. The molecule has 7 heteroatoms. The van der Waals surface area contributed by atoms with Crippen LogP contribution in [0.2, 0.25) is 0 Å². The number of hydrogen-bond acceptors (Lipinski definition) is 5. The number of amides is 1. The molecule has 7 unspecified atom stereocenters. The Balaban J connectivity index is 1.28. The van der Waals surface area contributed by atoms with Crippen molar-refractivity contribution in [1.82, 2.24) is 21.4 Å². The van der Waals surface area contributed by atoms with Crippen LogP contribution in [0.5, 0.6) is 0 Å². The lowest BCUT2D eigenvalue weighted by atomic mass is 9.73. The lowest BCUT2D eigenvalue weighted by molar-refractivity contribution is -0.127. The minimum absolute atomic E-state index is 0.0631. The topological polar surface area (TPSA) is 74.4 Å². The summed E-state index contributed by atoms with van der Waals surface area (Å²) in [5.74, 6) is 2.31. The average Bonchev–Trinajstić information content (AvgIpc) is 3.28. The van der Waals surface area contributed by atoms with Crippen molar-refractivity contribution in [2.75, 3.05) is 6.54 Å². The summed E-state index contributed by atoms with van der Waals surface area (Å²) in [6, 6.07) is 0.362. The Hall–Kier alpha value is -0.400. The van der Waals surface area contributed by atoms with Gasteiger partial charge in [0.25, 0.3) is 0 Å². The van der Waals surface area contributed by atoms with Crippen LogP contribution in [0.3, 0.4) is 0 Å². The van der Waals surface area contributed by atoms with Gasteiger partial charge in [0.05, 0.1) is 11.7 Å². The first kappa shape index (κ1) is 18.9. The second kappa shape index (κ2) is 8.31. The predicted octanol–water partition coefficient (Wildman–Crippen LogP) is 2.05. The Morgan fingerprint density at radius 3 is 2.77 bits per heavy atom. The van der Waals surface area contributed by atoms with Crippen LogP contribution < -0.4 is 21.4 Å². The van der Waals surface area contributed by atoms with Crippen LogP contribution in [-0.2, 0) is 9.63 Å². The first-order valence-corrected chi connectivity index (χ1v) is 10.9. The van der Waals surface area contributed by atoms with Gasteiger partial charge in [-0.3, -0.25) is 14.9 Å². The maximum atomic E-state index is 12.7. The van der Waals surface area contributed by atoms with Gasteiger partial charge in [0.1, 0.15) is 6.23 Å². The zero-order valence-electron chi connectivity index (χ0n) is 15.7. The van der Waals surface area contributed by atoms with Gasteiger partial charge in [0.15, 0.2) is 0 Å². The van der Waals surface area contributed by atoms with Crippen molar-refractivity contribution in [3.05, 3.63) is 0 Å². The Kier molecular flexibility index (Phi) is 6.05. The van der Waals surface area contributed by atoms with Crippen LogP contribution in [0, 0.1) is 23.7 Å². The van der Waals surface area contributed by atoms with E-state index in [0.717, 1.165) is 38.1 Å². The van der Waals surface area contributed by atoms with E-state index in [4.69, 9.17) is 16.4 Å². The number of carbonyl (C=O) groups excluding carboxylic acids is 1. The van der Waals surface area contributed by atoms with Gasteiger partial charge >= 0.3 is 0 Å². The zero-order valence-corrected chi connectivity index (χ0v) is 16.4. The van der Waals surface area contributed by atoms with Gasteiger partial charge < -0.3 is 10.6 Å². The molecule has 4 rings (SSSR count). The van der Waals surface area contributed by atoms with Crippen molar-refractivity contribution in [3.63, 3.8) is 0 Å². The SMILES string of the molecule is CCC1NC(C2CCC3C(CC[C@H]3NC(=O)C3CCNC(Cl)C3)C2)NO1. The molecule has 0 bridgehead atoms. The van der Waals surface area contributed by atoms with Gasteiger partial charge in [-0.1, -0.05) is 6.92 Å². The summed E-state index contributed by atoms with van der Waals surface area (Å²) in [5, 5.41) is 10.2. The monoisotopic (exact) mass is 384 g/mol. The second-order valence-corrected chi connectivity index (χ2v) is 9.14. The van der Waals surface area contributed by atoms with Crippen molar-refractivity contribution >= 4 is 17.5 Å². The predicted molar refractivity (Wildman–Crippen MR) is 101 cm³/mol. The number of hydrogen-bond donors (Lipinski definition) is 4. The molecular formula is C19H33ClN4O2. The van der Waals surface area contributed by atoms with Gasteiger partial charge in [0.2, 0.25) is 5.91 Å². The minimum atomic E-state index is -0.0631. The molecule has 2 saturated carbocycles. The van der Waals surface area contributed by atoms with E-state index in [1.807, 2.05) is 0 Å². The van der Waals surface area contributed by atoms with E-state index in [-0.39, 0.29) is 29.7 Å². The smallest absolute Gasteiger partial charge is 0.223 e. The highest BCUT2D eigenvalue weighted by atomic mass is 35.5. The van der Waals surface area contributed by atoms with Crippen LogP contribution >= 0.6 is 11.6 Å². The summed E-state index contributed by atoms with van der Waals surface area (Å²) in [7, 11) is 0. The molecule has 0 radical (unpaired) electrons. The Morgan fingerprint density at radius 1 is 1.15 bits per heavy atom. The van der Waals surface area contributed by atoms with E-state index in [9.17, 15) is 4.79 Å². The van der Waals surface area contributed by atoms with Gasteiger partial charge in [-0.25, -0.2) is 0 Å². The number of carbonyl (C=O) groups is 1. The van der Waals surface area contributed by atoms with Crippen molar-refractivity contribution in [2.24, 2.45) is 23.7 Å². The van der Waals surface area contributed by atoms with Gasteiger partial charge in [-0.05, 0) is 75.7 Å². The Bertz CT molecular complexity index is 508. The third-order valence-corrected chi connectivity index (χ3v) is 7.37. The molecule has 0 spiro atoms. The quantitative estimate of drug-likeness (QED) is 0.441. The first-order valence-electron chi connectivity index (χ1n) is 10.5. The van der Waals surface area contributed by atoms with Gasteiger partial charge in [0, 0.05) is 12.0 Å². The summed E-state index contributed by atoms with van der Waals surface area (Å²) in [4.78, 5) is 18.3. The molecule has 1 amide bonds. The molecular weight excluding hydrogens is 352 g/mol. The third-order valence-electron chi connectivity index (χ3n) is 7.04. The maximum absolute atomic E-state index is 12.7. The van der Waals surface area contributed by atoms with Crippen molar-refractivity contribution in [1.29, 1.82) is 0 Å². The van der Waals surface area contributed by atoms with Crippen LogP contribution in [0.4, 0.5) is 0 Å². The largest absolute Gasteiger partial charge is 0.353 e. The normalized spacial score (nSPS) is 46.1. The van der Waals surface area contributed by atoms with Crippen LogP contribution in [0.1, 0.15) is 58.3 Å². The van der Waals surface area contributed by atoms with Gasteiger partial charge in [-0.15, -0.1) is 11.6 Å². The fourth-order valence-corrected chi connectivity index (χ4v) is 5.86. The fraction of sp³-hybridized carbons (Fsp3) is 0.947. The van der Waals surface area contributed by atoms with E-state index in [1.54, 1.807) is 0 Å². The summed E-state index contributed by atoms with van der Waals surface area (Å²) in [6.07, 6.45) is 9.06. The molecule has 2 heterocycles. The number of nitrogens with one attached hydrogen (secondary N) is 4. The summed E-state index contributed by atoms with van der Waals surface area (Å²) in [6.45, 7) is 2.98. The maximum Gasteiger partial charge on any atom is 0.223 e. The number of piperidine rings is 1. The molecule has 2 aliphatic heterocycles. The molecule has 4 aliphatic rings. The Morgan fingerprint density at radius 2 is 2.00 bits per heavy atom. The molecule has 0 aromatic rings. The van der Waals surface area contributed by atoms with Crippen molar-refractivity contribution in [2.45, 2.75) is 82.2 Å². The molecule has 2 saturated heterocycles. The lowest BCUT2D eigenvalue weighted by Gasteiger charge is -2.37. The molecule has 4 fully saturated rings. The molecule has 2 aliphatic carbocycles. The Labute approximate surface area is 161 Å². The summed E-state index contributed by atoms with van der Waals surface area (Å²) >= 11 is 6.17. The summed E-state index contributed by atoms with van der Waals surface area (Å²) < 4.78 is 0. The molecule has 148 valence electrons. The number of fused-ring (bicyclic) bond motifs is 1. The van der Waals surface area contributed by atoms with Crippen molar-refractivity contribution < 1.29 is 9.63 Å². The standard InChI is InChI=1S/C19H33ClN4O2/c1-2-17-23-18(24-26-17)12-3-5-14-11(9-12)4-6-15(14)22-19(25)13-7-8-21-16(20)10-13/h11-18,21,23-24H,2-10H2,1H3,(H,22,25)/t11?,12?,13?,14?,15-,16?,17?,18?/m1/s1. The van der Waals surface area contributed by atoms with E-state index in [0.29, 0.717) is 17.9 Å². The van der Waals surface area contributed by atoms with Crippen LogP contribution in [-0.4, -0.2) is 36.4 Å². The third kappa shape index (κ3) is 4.04. The number of rotatable bonds is 4. The molecule has 6 nitrogen and oxygen atoms in total. The second-order valence-electron chi connectivity index (χ2n) is 8.61.